The van der Waals surface area contributed by atoms with Gasteiger partial charge in [-0.05, 0) is 30.3 Å². The Morgan fingerprint density at radius 2 is 2.04 bits per heavy atom. The number of nitrogens with one attached hydrogen (secondary N) is 1. The number of aromatic nitrogens is 1. The van der Waals surface area contributed by atoms with E-state index in [0.29, 0.717) is 18.1 Å². The molecule has 0 bridgehead atoms. The Bertz CT molecular complexity index is 840. The third-order valence-corrected chi connectivity index (χ3v) is 5.23. The van der Waals surface area contributed by atoms with Gasteiger partial charge in [0.25, 0.3) is 0 Å². The quantitative estimate of drug-likeness (QED) is 0.781. The standard InChI is InChI=1S/C17H14ClN3OS/c18-12-4-3-5-13(8-12)19-16(22)11-9-21(10-11)17-20-14-6-1-2-7-15(14)23-17/h1-8,11H,9-10H2,(H,19,22). The van der Waals surface area contributed by atoms with Crippen molar-refractivity contribution in [2.75, 3.05) is 23.3 Å². The smallest absolute Gasteiger partial charge is 0.231 e. The number of amides is 1. The van der Waals surface area contributed by atoms with Gasteiger partial charge in [-0.15, -0.1) is 0 Å². The molecule has 1 N–H and O–H groups in total. The number of halogens is 1. The van der Waals surface area contributed by atoms with Crippen LogP contribution in [0, 0.1) is 5.92 Å². The largest absolute Gasteiger partial charge is 0.346 e. The van der Waals surface area contributed by atoms with Crippen molar-refractivity contribution in [1.29, 1.82) is 0 Å². The fourth-order valence-corrected chi connectivity index (χ4v) is 3.78. The summed E-state index contributed by atoms with van der Waals surface area (Å²) in [5.74, 6) is 0.0191. The molecule has 1 aromatic heterocycles. The Morgan fingerprint density at radius 3 is 2.83 bits per heavy atom. The van der Waals surface area contributed by atoms with Crippen molar-refractivity contribution in [3.05, 3.63) is 53.6 Å². The highest BCUT2D eigenvalue weighted by Gasteiger charge is 2.34. The van der Waals surface area contributed by atoms with Crippen LogP contribution < -0.4 is 10.2 Å². The van der Waals surface area contributed by atoms with Crippen LogP contribution in [0.5, 0.6) is 0 Å². The van der Waals surface area contributed by atoms with Gasteiger partial charge in [0.05, 0.1) is 16.1 Å². The summed E-state index contributed by atoms with van der Waals surface area (Å²) in [7, 11) is 0. The normalized spacial score (nSPS) is 14.7. The van der Waals surface area contributed by atoms with E-state index in [1.807, 2.05) is 30.3 Å². The van der Waals surface area contributed by atoms with Crippen LogP contribution in [-0.2, 0) is 4.79 Å². The van der Waals surface area contributed by atoms with Gasteiger partial charge < -0.3 is 10.2 Å². The second-order valence-corrected chi connectivity index (χ2v) is 7.01. The molecular weight excluding hydrogens is 330 g/mol. The molecule has 2 aromatic carbocycles. The minimum absolute atomic E-state index is 0.0130. The zero-order valence-electron chi connectivity index (χ0n) is 12.2. The van der Waals surface area contributed by atoms with E-state index in [9.17, 15) is 4.79 Å². The highest BCUT2D eigenvalue weighted by Crippen LogP contribution is 2.33. The molecule has 6 heteroatoms. The Balaban J connectivity index is 1.40. The Kier molecular flexibility index (Phi) is 3.67. The first-order valence-electron chi connectivity index (χ1n) is 7.36. The van der Waals surface area contributed by atoms with Gasteiger partial charge in [0.2, 0.25) is 5.91 Å². The number of carbonyl (C=O) groups is 1. The van der Waals surface area contributed by atoms with Gasteiger partial charge in [0, 0.05) is 23.8 Å². The summed E-state index contributed by atoms with van der Waals surface area (Å²) in [5.41, 5.74) is 1.75. The lowest BCUT2D eigenvalue weighted by Gasteiger charge is -2.37. The molecule has 0 radical (unpaired) electrons. The van der Waals surface area contributed by atoms with Crippen LogP contribution >= 0.6 is 22.9 Å². The van der Waals surface area contributed by atoms with Crippen molar-refractivity contribution in [2.24, 2.45) is 5.92 Å². The number of carbonyl (C=O) groups excluding carboxylic acids is 1. The molecule has 1 aliphatic heterocycles. The van der Waals surface area contributed by atoms with Gasteiger partial charge in [-0.25, -0.2) is 4.98 Å². The summed E-state index contributed by atoms with van der Waals surface area (Å²) >= 11 is 7.60. The van der Waals surface area contributed by atoms with E-state index in [1.54, 1.807) is 23.5 Å². The summed E-state index contributed by atoms with van der Waals surface area (Å²) < 4.78 is 1.18. The Morgan fingerprint density at radius 1 is 1.22 bits per heavy atom. The predicted molar refractivity (Wildman–Crippen MR) is 95.4 cm³/mol. The highest BCUT2D eigenvalue weighted by molar-refractivity contribution is 7.22. The van der Waals surface area contributed by atoms with Gasteiger partial charge in [0.1, 0.15) is 0 Å². The van der Waals surface area contributed by atoms with Crippen LogP contribution in [0.1, 0.15) is 0 Å². The summed E-state index contributed by atoms with van der Waals surface area (Å²) in [6.45, 7) is 1.40. The lowest BCUT2D eigenvalue weighted by atomic mass is 10.00. The van der Waals surface area contributed by atoms with E-state index >= 15 is 0 Å². The third-order valence-electron chi connectivity index (χ3n) is 3.90. The van der Waals surface area contributed by atoms with Crippen molar-refractivity contribution < 1.29 is 4.79 Å². The first-order valence-corrected chi connectivity index (χ1v) is 8.55. The van der Waals surface area contributed by atoms with Crippen molar-refractivity contribution in [1.82, 2.24) is 4.98 Å². The van der Waals surface area contributed by atoms with E-state index in [2.05, 4.69) is 21.3 Å². The maximum atomic E-state index is 12.3. The van der Waals surface area contributed by atoms with E-state index in [1.165, 1.54) is 4.70 Å². The zero-order valence-corrected chi connectivity index (χ0v) is 13.8. The number of rotatable bonds is 3. The zero-order chi connectivity index (χ0) is 15.8. The van der Waals surface area contributed by atoms with E-state index in [-0.39, 0.29) is 11.8 Å². The molecule has 0 unspecified atom stereocenters. The van der Waals surface area contributed by atoms with E-state index < -0.39 is 0 Å². The lowest BCUT2D eigenvalue weighted by molar-refractivity contribution is -0.120. The number of hydrogen-bond acceptors (Lipinski definition) is 4. The van der Waals surface area contributed by atoms with E-state index in [0.717, 1.165) is 16.3 Å². The van der Waals surface area contributed by atoms with Crippen LogP contribution in [0.15, 0.2) is 48.5 Å². The Hall–Kier alpha value is -2.11. The molecule has 4 nitrogen and oxygen atoms in total. The molecule has 1 saturated heterocycles. The molecule has 4 rings (SSSR count). The van der Waals surface area contributed by atoms with Crippen molar-refractivity contribution in [2.45, 2.75) is 0 Å². The summed E-state index contributed by atoms with van der Waals surface area (Å²) in [5, 5.41) is 4.52. The number of para-hydroxylation sites is 1. The van der Waals surface area contributed by atoms with Crippen LogP contribution in [-0.4, -0.2) is 24.0 Å². The SMILES string of the molecule is O=C(Nc1cccc(Cl)c1)C1CN(c2nc3ccccc3s2)C1. The van der Waals surface area contributed by atoms with Crippen LogP contribution in [0.3, 0.4) is 0 Å². The third kappa shape index (κ3) is 2.90. The molecule has 0 saturated carbocycles. The van der Waals surface area contributed by atoms with Crippen molar-refractivity contribution >= 4 is 49.9 Å². The Labute approximate surface area is 142 Å². The maximum Gasteiger partial charge on any atom is 0.231 e. The van der Waals surface area contributed by atoms with Crippen molar-refractivity contribution in [3.63, 3.8) is 0 Å². The molecule has 2 heterocycles. The number of fused-ring (bicyclic) bond motifs is 1. The molecule has 1 fully saturated rings. The number of thiazole rings is 1. The maximum absolute atomic E-state index is 12.3. The average molecular weight is 344 g/mol. The summed E-state index contributed by atoms with van der Waals surface area (Å²) in [6, 6.07) is 15.3. The van der Waals surface area contributed by atoms with Crippen molar-refractivity contribution in [3.8, 4) is 0 Å². The number of anilines is 2. The minimum atomic E-state index is -0.0130. The van der Waals surface area contributed by atoms with Crippen LogP contribution in [0.25, 0.3) is 10.2 Å². The lowest BCUT2D eigenvalue weighted by Crippen LogP contribution is -2.52. The predicted octanol–water partition coefficient (Wildman–Crippen LogP) is 4.02. The second kappa shape index (κ2) is 5.83. The minimum Gasteiger partial charge on any atom is -0.346 e. The van der Waals surface area contributed by atoms with Gasteiger partial charge in [-0.1, -0.05) is 41.1 Å². The molecule has 0 atom stereocenters. The van der Waals surface area contributed by atoms with E-state index in [4.69, 9.17) is 11.6 Å². The number of hydrogen-bond donors (Lipinski definition) is 1. The van der Waals surface area contributed by atoms with Crippen LogP contribution in [0.4, 0.5) is 10.8 Å². The fourth-order valence-electron chi connectivity index (χ4n) is 2.61. The number of benzene rings is 2. The molecule has 116 valence electrons. The first kappa shape index (κ1) is 14.5. The highest BCUT2D eigenvalue weighted by atomic mass is 35.5. The summed E-state index contributed by atoms with van der Waals surface area (Å²) in [6.07, 6.45) is 0. The molecule has 1 aliphatic rings. The number of nitrogens with zero attached hydrogens (tertiary/aromatic N) is 2. The van der Waals surface area contributed by atoms with Gasteiger partial charge >= 0.3 is 0 Å². The summed E-state index contributed by atoms with van der Waals surface area (Å²) in [4.78, 5) is 19.0. The topological polar surface area (TPSA) is 45.2 Å². The fraction of sp³-hybridized carbons (Fsp3) is 0.176. The van der Waals surface area contributed by atoms with Gasteiger partial charge in [-0.2, -0.15) is 0 Å². The molecular formula is C17H14ClN3OS. The van der Waals surface area contributed by atoms with Gasteiger partial charge in [0.15, 0.2) is 5.13 Å². The first-order chi connectivity index (χ1) is 11.2. The average Bonchev–Trinajstić information content (AvgIpc) is 2.89. The molecule has 0 aliphatic carbocycles. The molecule has 1 amide bonds. The second-order valence-electron chi connectivity index (χ2n) is 5.57. The molecule has 0 spiro atoms. The monoisotopic (exact) mass is 343 g/mol. The molecule has 23 heavy (non-hydrogen) atoms. The van der Waals surface area contributed by atoms with Crippen LogP contribution in [0.2, 0.25) is 5.02 Å². The molecule has 3 aromatic rings. The van der Waals surface area contributed by atoms with Gasteiger partial charge in [-0.3, -0.25) is 4.79 Å².